The first-order valence-corrected chi connectivity index (χ1v) is 6.32. The van der Waals surface area contributed by atoms with E-state index in [0.29, 0.717) is 25.9 Å². The minimum Gasteiger partial charge on any atom is -0.481 e. The number of piperidine rings is 1. The number of hydroxylamine groups is 1. The van der Waals surface area contributed by atoms with Crippen LogP contribution in [0.25, 0.3) is 0 Å². The molecule has 0 aliphatic carbocycles. The first kappa shape index (κ1) is 15.7. The Morgan fingerprint density at radius 3 is 2.37 bits per heavy atom. The molecule has 1 aliphatic heterocycles. The second kappa shape index (κ2) is 6.21. The first-order valence-electron chi connectivity index (χ1n) is 6.32. The average Bonchev–Trinajstić information content (AvgIpc) is 2.24. The molecule has 1 amide bonds. The topological polar surface area (TPSA) is 96.9 Å². The Morgan fingerprint density at radius 1 is 1.32 bits per heavy atom. The molecule has 0 bridgehead atoms. The predicted octanol–water partition coefficient (Wildman–Crippen LogP) is 1.04. The highest BCUT2D eigenvalue weighted by molar-refractivity contribution is 5.68. The molecule has 0 spiro atoms. The van der Waals surface area contributed by atoms with E-state index >= 15 is 0 Å². The number of nitrogens with one attached hydrogen (secondary N) is 2. The maximum Gasteiger partial charge on any atom is 0.431 e. The molecule has 0 unspecified atom stereocenters. The minimum absolute atomic E-state index is 0.148. The molecular formula is C12H22N2O5. The second-order valence-electron chi connectivity index (χ2n) is 5.71. The summed E-state index contributed by atoms with van der Waals surface area (Å²) in [5, 5.41) is 12.1. The van der Waals surface area contributed by atoms with Crippen LogP contribution in [0.3, 0.4) is 0 Å². The summed E-state index contributed by atoms with van der Waals surface area (Å²) in [6, 6.07) is 0. The highest BCUT2D eigenvalue weighted by atomic mass is 16.7. The number of hydrogen-bond acceptors (Lipinski definition) is 5. The molecule has 7 heteroatoms. The van der Waals surface area contributed by atoms with Crippen LogP contribution in [0.1, 0.15) is 40.0 Å². The Kier molecular flexibility index (Phi) is 5.13. The van der Waals surface area contributed by atoms with Gasteiger partial charge in [0.1, 0.15) is 11.2 Å². The monoisotopic (exact) mass is 274 g/mol. The number of carbonyl (C=O) groups excluding carboxylic acids is 1. The Hall–Kier alpha value is -1.34. The fourth-order valence-corrected chi connectivity index (χ4v) is 1.92. The van der Waals surface area contributed by atoms with Crippen molar-refractivity contribution in [3.05, 3.63) is 0 Å². The van der Waals surface area contributed by atoms with Crippen molar-refractivity contribution in [3.8, 4) is 0 Å². The van der Waals surface area contributed by atoms with Gasteiger partial charge in [-0.1, -0.05) is 0 Å². The fraction of sp³-hybridized carbons (Fsp3) is 0.833. The van der Waals surface area contributed by atoms with Crippen molar-refractivity contribution in [2.75, 3.05) is 13.1 Å². The molecule has 1 fully saturated rings. The molecule has 0 aromatic heterocycles. The quantitative estimate of drug-likeness (QED) is 0.663. The van der Waals surface area contributed by atoms with E-state index in [-0.39, 0.29) is 6.42 Å². The van der Waals surface area contributed by atoms with Crippen molar-refractivity contribution in [1.82, 2.24) is 10.8 Å². The number of carboxylic acids is 1. The minimum atomic E-state index is -0.951. The third-order valence-corrected chi connectivity index (χ3v) is 2.74. The van der Waals surface area contributed by atoms with Gasteiger partial charge in [-0.3, -0.25) is 9.63 Å². The summed E-state index contributed by atoms with van der Waals surface area (Å²) in [6.45, 7) is 6.53. The predicted molar refractivity (Wildman–Crippen MR) is 67.5 cm³/mol. The lowest BCUT2D eigenvalue weighted by molar-refractivity contribution is -0.157. The lowest BCUT2D eigenvalue weighted by Crippen LogP contribution is -2.49. The van der Waals surface area contributed by atoms with E-state index in [1.165, 1.54) is 0 Å². The maximum absolute atomic E-state index is 11.5. The average molecular weight is 274 g/mol. The van der Waals surface area contributed by atoms with Crippen molar-refractivity contribution in [2.45, 2.75) is 51.2 Å². The molecule has 0 atom stereocenters. The summed E-state index contributed by atoms with van der Waals surface area (Å²) < 4.78 is 5.04. The molecule has 110 valence electrons. The summed E-state index contributed by atoms with van der Waals surface area (Å²) in [7, 11) is 0. The van der Waals surface area contributed by atoms with Crippen LogP contribution in [0.15, 0.2) is 0 Å². The lowest BCUT2D eigenvalue weighted by atomic mass is 9.89. The Labute approximate surface area is 112 Å². The van der Waals surface area contributed by atoms with Gasteiger partial charge in [0.2, 0.25) is 0 Å². The van der Waals surface area contributed by atoms with Crippen molar-refractivity contribution < 1.29 is 24.3 Å². The molecule has 3 N–H and O–H groups in total. The normalized spacial score (nSPS) is 18.7. The number of aliphatic carboxylic acids is 1. The van der Waals surface area contributed by atoms with Gasteiger partial charge < -0.3 is 15.2 Å². The Bertz CT molecular complexity index is 332. The Morgan fingerprint density at radius 2 is 1.89 bits per heavy atom. The van der Waals surface area contributed by atoms with Gasteiger partial charge in [0.05, 0.1) is 6.42 Å². The van der Waals surface area contributed by atoms with Crippen molar-refractivity contribution in [1.29, 1.82) is 0 Å². The van der Waals surface area contributed by atoms with E-state index in [0.717, 1.165) is 0 Å². The number of carbonyl (C=O) groups is 2. The van der Waals surface area contributed by atoms with Gasteiger partial charge >= 0.3 is 12.1 Å². The largest absolute Gasteiger partial charge is 0.481 e. The standard InChI is InChI=1S/C12H22N2O5/c1-11(2,3)18-10(17)14-19-12(8-9(15)16)4-6-13-7-5-12/h13H,4-8H2,1-3H3,(H,14,17)(H,15,16). The van der Waals surface area contributed by atoms with E-state index in [1.54, 1.807) is 20.8 Å². The summed E-state index contributed by atoms with van der Waals surface area (Å²) in [4.78, 5) is 27.8. The highest BCUT2D eigenvalue weighted by Crippen LogP contribution is 2.26. The summed E-state index contributed by atoms with van der Waals surface area (Å²) >= 11 is 0. The molecule has 1 aliphatic rings. The van der Waals surface area contributed by atoms with Crippen molar-refractivity contribution >= 4 is 12.1 Å². The SMILES string of the molecule is CC(C)(C)OC(=O)NOC1(CC(=O)O)CCNCC1. The zero-order valence-corrected chi connectivity index (χ0v) is 11.6. The van der Waals surface area contributed by atoms with Crippen LogP contribution < -0.4 is 10.8 Å². The third-order valence-electron chi connectivity index (χ3n) is 2.74. The molecule has 0 aromatic carbocycles. The van der Waals surface area contributed by atoms with Gasteiger partial charge in [-0.2, -0.15) is 5.48 Å². The van der Waals surface area contributed by atoms with Crippen LogP contribution in [0.5, 0.6) is 0 Å². The Balaban J connectivity index is 2.53. The molecule has 0 aromatic rings. The number of amides is 1. The zero-order valence-electron chi connectivity index (χ0n) is 11.6. The van der Waals surface area contributed by atoms with E-state index < -0.39 is 23.3 Å². The van der Waals surface area contributed by atoms with Crippen LogP contribution in [-0.4, -0.2) is 41.5 Å². The number of rotatable bonds is 4. The van der Waals surface area contributed by atoms with Gasteiger partial charge in [0.15, 0.2) is 0 Å². The van der Waals surface area contributed by atoms with Gasteiger partial charge in [-0.05, 0) is 46.7 Å². The van der Waals surface area contributed by atoms with Crippen LogP contribution in [0.4, 0.5) is 4.79 Å². The number of hydrogen-bond donors (Lipinski definition) is 3. The second-order valence-corrected chi connectivity index (χ2v) is 5.71. The summed E-state index contributed by atoms with van der Waals surface area (Å²) in [6.07, 6.45) is 0.185. The summed E-state index contributed by atoms with van der Waals surface area (Å²) in [5.74, 6) is -0.951. The fourth-order valence-electron chi connectivity index (χ4n) is 1.92. The van der Waals surface area contributed by atoms with Crippen LogP contribution in [-0.2, 0) is 14.4 Å². The van der Waals surface area contributed by atoms with Gasteiger partial charge in [-0.15, -0.1) is 0 Å². The van der Waals surface area contributed by atoms with Gasteiger partial charge in [-0.25, -0.2) is 4.79 Å². The van der Waals surface area contributed by atoms with Crippen molar-refractivity contribution in [3.63, 3.8) is 0 Å². The smallest absolute Gasteiger partial charge is 0.431 e. The molecule has 1 heterocycles. The van der Waals surface area contributed by atoms with Gasteiger partial charge in [0, 0.05) is 0 Å². The van der Waals surface area contributed by atoms with Crippen molar-refractivity contribution in [2.24, 2.45) is 0 Å². The lowest BCUT2D eigenvalue weighted by Gasteiger charge is -2.35. The van der Waals surface area contributed by atoms with E-state index in [9.17, 15) is 9.59 Å². The molecule has 0 radical (unpaired) electrons. The van der Waals surface area contributed by atoms with Crippen LogP contribution in [0, 0.1) is 0 Å². The maximum atomic E-state index is 11.5. The zero-order chi connectivity index (χ0) is 14.5. The highest BCUT2D eigenvalue weighted by Gasteiger charge is 2.37. The van der Waals surface area contributed by atoms with E-state index in [2.05, 4.69) is 10.8 Å². The molecule has 0 saturated carbocycles. The van der Waals surface area contributed by atoms with Crippen LogP contribution in [0.2, 0.25) is 0 Å². The number of carboxylic acid groups (broad SMARTS) is 1. The number of ether oxygens (including phenoxy) is 1. The molecule has 1 rings (SSSR count). The third kappa shape index (κ3) is 5.89. The molecule has 7 nitrogen and oxygen atoms in total. The first-order chi connectivity index (χ1) is 8.72. The molecular weight excluding hydrogens is 252 g/mol. The molecule has 1 saturated heterocycles. The van der Waals surface area contributed by atoms with E-state index in [1.807, 2.05) is 0 Å². The molecule has 19 heavy (non-hydrogen) atoms. The van der Waals surface area contributed by atoms with E-state index in [4.69, 9.17) is 14.7 Å². The van der Waals surface area contributed by atoms with Gasteiger partial charge in [0.25, 0.3) is 0 Å². The van der Waals surface area contributed by atoms with Crippen LogP contribution >= 0.6 is 0 Å². The summed E-state index contributed by atoms with van der Waals surface area (Å²) in [5.41, 5.74) is 0.712.